The van der Waals surface area contributed by atoms with Gasteiger partial charge in [-0.3, -0.25) is 0 Å². The van der Waals surface area contributed by atoms with Gasteiger partial charge in [0, 0.05) is 30.4 Å². The van der Waals surface area contributed by atoms with Gasteiger partial charge in [0.25, 0.3) is 0 Å². The minimum absolute atomic E-state index is 0.212. The largest absolute Gasteiger partial charge is 0.353 e. The molecule has 1 aliphatic carbocycles. The van der Waals surface area contributed by atoms with E-state index in [0.29, 0.717) is 13.1 Å². The van der Waals surface area contributed by atoms with Crippen molar-refractivity contribution in [3.05, 3.63) is 46.4 Å². The van der Waals surface area contributed by atoms with E-state index in [1.54, 1.807) is 15.6 Å². The van der Waals surface area contributed by atoms with Crippen LogP contribution in [0.3, 0.4) is 0 Å². The number of sulfonamides is 1. The highest BCUT2D eigenvalue weighted by atomic mass is 32.2. The van der Waals surface area contributed by atoms with E-state index in [0.717, 1.165) is 42.7 Å². The van der Waals surface area contributed by atoms with Crippen LogP contribution in [0.1, 0.15) is 42.7 Å². The molecule has 2 aromatic heterocycles. The van der Waals surface area contributed by atoms with E-state index < -0.39 is 10.0 Å². The molecule has 23 heavy (non-hydrogen) atoms. The molecule has 0 atom stereocenters. The summed E-state index contributed by atoms with van der Waals surface area (Å²) in [7, 11) is -1.30. The second kappa shape index (κ2) is 7.20. The van der Waals surface area contributed by atoms with E-state index in [2.05, 4.69) is 0 Å². The number of rotatable bonds is 6. The molecule has 126 valence electrons. The number of hydrogen-bond donors (Lipinski definition) is 0. The molecule has 0 radical (unpaired) electrons. The summed E-state index contributed by atoms with van der Waals surface area (Å²) in [5.74, 6) is 0. The molecule has 2 heterocycles. The zero-order chi connectivity index (χ0) is 16.3. The summed E-state index contributed by atoms with van der Waals surface area (Å²) in [6.45, 7) is 0.919. The Morgan fingerprint density at radius 1 is 1.17 bits per heavy atom. The summed E-state index contributed by atoms with van der Waals surface area (Å²) >= 11 is 1.62. The Morgan fingerprint density at radius 3 is 2.57 bits per heavy atom. The van der Waals surface area contributed by atoms with E-state index in [9.17, 15) is 8.42 Å². The highest BCUT2D eigenvalue weighted by molar-refractivity contribution is 7.89. The summed E-state index contributed by atoms with van der Waals surface area (Å²) in [4.78, 5) is 1.10. The molecule has 1 saturated carbocycles. The fraction of sp³-hybridized carbons (Fsp3) is 0.529. The van der Waals surface area contributed by atoms with Crippen molar-refractivity contribution in [3.8, 4) is 0 Å². The first kappa shape index (κ1) is 16.7. The fourth-order valence-corrected chi connectivity index (χ4v) is 6.01. The van der Waals surface area contributed by atoms with Gasteiger partial charge in [0.05, 0.1) is 11.8 Å². The van der Waals surface area contributed by atoms with Gasteiger partial charge in [-0.15, -0.1) is 11.3 Å². The average molecular weight is 353 g/mol. The number of hydrogen-bond acceptors (Lipinski definition) is 3. The SMILES string of the molecule is Cn1cccc1CN(Cc1cccs1)S(=O)(=O)C1CCCCC1. The van der Waals surface area contributed by atoms with Gasteiger partial charge >= 0.3 is 0 Å². The molecule has 3 rings (SSSR count). The highest BCUT2D eigenvalue weighted by Crippen LogP contribution is 2.28. The molecule has 0 unspecified atom stereocenters. The standard InChI is InChI=1S/C17H24N2O2S2/c1-18-11-5-7-15(18)13-19(14-16-8-6-12-22-16)23(20,21)17-9-3-2-4-10-17/h5-8,11-12,17H,2-4,9-10,13-14H2,1H3. The van der Waals surface area contributed by atoms with Crippen molar-refractivity contribution in [2.45, 2.75) is 50.4 Å². The van der Waals surface area contributed by atoms with Crippen LogP contribution in [0, 0.1) is 0 Å². The van der Waals surface area contributed by atoms with Gasteiger partial charge in [-0.2, -0.15) is 4.31 Å². The Balaban J connectivity index is 1.85. The third-order valence-corrected chi connectivity index (χ3v) is 7.79. The molecule has 0 amide bonds. The maximum absolute atomic E-state index is 13.2. The van der Waals surface area contributed by atoms with Crippen molar-refractivity contribution < 1.29 is 8.42 Å². The zero-order valence-electron chi connectivity index (χ0n) is 13.5. The lowest BCUT2D eigenvalue weighted by molar-refractivity contribution is 0.373. The van der Waals surface area contributed by atoms with Crippen molar-refractivity contribution in [3.63, 3.8) is 0 Å². The number of aryl methyl sites for hydroxylation is 1. The number of thiophene rings is 1. The van der Waals surface area contributed by atoms with Crippen LogP contribution in [-0.2, 0) is 30.2 Å². The van der Waals surface area contributed by atoms with Crippen LogP contribution in [0.25, 0.3) is 0 Å². The Kier molecular flexibility index (Phi) is 5.24. The van der Waals surface area contributed by atoms with Gasteiger partial charge < -0.3 is 4.57 Å². The Bertz CT molecular complexity index is 714. The molecule has 4 nitrogen and oxygen atoms in total. The van der Waals surface area contributed by atoms with Crippen LogP contribution in [0.5, 0.6) is 0 Å². The molecule has 0 N–H and O–H groups in total. The second-order valence-electron chi connectivity index (χ2n) is 6.26. The monoisotopic (exact) mass is 352 g/mol. The lowest BCUT2D eigenvalue weighted by atomic mass is 10.0. The molecule has 1 fully saturated rings. The summed E-state index contributed by atoms with van der Waals surface area (Å²) in [6, 6.07) is 7.96. The number of nitrogens with zero attached hydrogens (tertiary/aromatic N) is 2. The lowest BCUT2D eigenvalue weighted by Gasteiger charge is -2.29. The molecule has 0 saturated heterocycles. The van der Waals surface area contributed by atoms with Crippen molar-refractivity contribution in [2.75, 3.05) is 0 Å². The van der Waals surface area contributed by atoms with E-state index in [1.807, 2.05) is 47.5 Å². The maximum atomic E-state index is 13.2. The van der Waals surface area contributed by atoms with Crippen molar-refractivity contribution >= 4 is 21.4 Å². The van der Waals surface area contributed by atoms with Gasteiger partial charge in [0.2, 0.25) is 10.0 Å². The van der Waals surface area contributed by atoms with Gasteiger partial charge in [0.15, 0.2) is 0 Å². The van der Waals surface area contributed by atoms with Crippen LogP contribution in [-0.4, -0.2) is 22.5 Å². The van der Waals surface area contributed by atoms with E-state index in [1.165, 1.54) is 0 Å². The molecule has 2 aromatic rings. The third-order valence-electron chi connectivity index (χ3n) is 4.64. The highest BCUT2D eigenvalue weighted by Gasteiger charge is 2.33. The quantitative estimate of drug-likeness (QED) is 0.794. The molecular formula is C17H24N2O2S2. The van der Waals surface area contributed by atoms with Crippen LogP contribution in [0.2, 0.25) is 0 Å². The van der Waals surface area contributed by atoms with E-state index in [-0.39, 0.29) is 5.25 Å². The van der Waals surface area contributed by atoms with Gasteiger partial charge in [0.1, 0.15) is 0 Å². The van der Waals surface area contributed by atoms with Gasteiger partial charge in [-0.1, -0.05) is 25.3 Å². The third kappa shape index (κ3) is 3.87. The van der Waals surface area contributed by atoms with Gasteiger partial charge in [-0.25, -0.2) is 8.42 Å². The van der Waals surface area contributed by atoms with Crippen LogP contribution < -0.4 is 0 Å². The molecule has 6 heteroatoms. The predicted octanol–water partition coefficient (Wildman–Crippen LogP) is 3.75. The molecule has 0 bridgehead atoms. The van der Waals surface area contributed by atoms with Gasteiger partial charge in [-0.05, 0) is 36.4 Å². The summed E-state index contributed by atoms with van der Waals surface area (Å²) < 4.78 is 30.0. The maximum Gasteiger partial charge on any atom is 0.217 e. The first-order valence-electron chi connectivity index (χ1n) is 8.19. The minimum Gasteiger partial charge on any atom is -0.353 e. The Morgan fingerprint density at radius 2 is 1.96 bits per heavy atom. The van der Waals surface area contributed by atoms with Crippen molar-refractivity contribution in [1.29, 1.82) is 0 Å². The normalized spacial score (nSPS) is 17.0. The molecule has 1 aliphatic rings. The van der Waals surface area contributed by atoms with Crippen molar-refractivity contribution in [1.82, 2.24) is 8.87 Å². The van der Waals surface area contributed by atoms with E-state index >= 15 is 0 Å². The van der Waals surface area contributed by atoms with E-state index in [4.69, 9.17) is 0 Å². The zero-order valence-corrected chi connectivity index (χ0v) is 15.2. The predicted molar refractivity (Wildman–Crippen MR) is 94.8 cm³/mol. The first-order chi connectivity index (χ1) is 11.1. The van der Waals surface area contributed by atoms with Crippen LogP contribution in [0.15, 0.2) is 35.8 Å². The molecule has 0 aliphatic heterocycles. The number of aromatic nitrogens is 1. The summed E-state index contributed by atoms with van der Waals surface area (Å²) in [6.07, 6.45) is 6.79. The smallest absolute Gasteiger partial charge is 0.217 e. The fourth-order valence-electron chi connectivity index (χ4n) is 3.23. The summed E-state index contributed by atoms with van der Waals surface area (Å²) in [5, 5.41) is 1.79. The minimum atomic E-state index is -3.27. The molecular weight excluding hydrogens is 328 g/mol. The van der Waals surface area contributed by atoms with Crippen LogP contribution >= 0.6 is 11.3 Å². The molecule has 0 aromatic carbocycles. The van der Waals surface area contributed by atoms with Crippen LogP contribution in [0.4, 0.5) is 0 Å². The Hall–Kier alpha value is -1.11. The molecule has 0 spiro atoms. The second-order valence-corrected chi connectivity index (χ2v) is 9.51. The van der Waals surface area contributed by atoms with Crippen molar-refractivity contribution in [2.24, 2.45) is 7.05 Å². The average Bonchev–Trinajstić information content (AvgIpc) is 3.20. The summed E-state index contributed by atoms with van der Waals surface area (Å²) in [5.41, 5.74) is 1.03. The Labute approximate surface area is 142 Å². The topological polar surface area (TPSA) is 42.3 Å². The first-order valence-corrected chi connectivity index (χ1v) is 10.6. The lowest BCUT2D eigenvalue weighted by Crippen LogP contribution is -2.39.